The molecule has 2 amide bonds. The molecule has 0 aliphatic carbocycles. The van der Waals surface area contributed by atoms with E-state index in [0.717, 1.165) is 25.7 Å². The van der Waals surface area contributed by atoms with Crippen molar-refractivity contribution in [3.8, 4) is 6.07 Å². The van der Waals surface area contributed by atoms with Gasteiger partial charge in [-0.05, 0) is 43.9 Å². The van der Waals surface area contributed by atoms with Crippen LogP contribution in [0.4, 0.5) is 0 Å². The van der Waals surface area contributed by atoms with Crippen LogP contribution in [0.2, 0.25) is 0 Å². The molecule has 2 rings (SSSR count). The Kier molecular flexibility index (Phi) is 6.36. The van der Waals surface area contributed by atoms with Crippen molar-refractivity contribution in [3.05, 3.63) is 35.4 Å². The van der Waals surface area contributed by atoms with Gasteiger partial charge in [-0.1, -0.05) is 19.9 Å². The van der Waals surface area contributed by atoms with Crippen molar-refractivity contribution < 1.29 is 9.59 Å². The minimum atomic E-state index is -0.0446. The smallest absolute Gasteiger partial charge is 0.253 e. The third-order valence-corrected chi connectivity index (χ3v) is 4.72. The van der Waals surface area contributed by atoms with Crippen molar-refractivity contribution >= 4 is 11.8 Å². The highest BCUT2D eigenvalue weighted by Crippen LogP contribution is 2.16. The van der Waals surface area contributed by atoms with Crippen LogP contribution in [0.15, 0.2) is 24.3 Å². The number of benzene rings is 1. The van der Waals surface area contributed by atoms with Gasteiger partial charge >= 0.3 is 0 Å². The molecule has 1 N–H and O–H groups in total. The summed E-state index contributed by atoms with van der Waals surface area (Å²) in [6, 6.07) is 8.99. The number of nitrogens with zero attached hydrogens (tertiary/aromatic N) is 2. The van der Waals surface area contributed by atoms with Crippen LogP contribution in [0.3, 0.4) is 0 Å². The Morgan fingerprint density at radius 1 is 1.29 bits per heavy atom. The molecule has 1 aliphatic heterocycles. The highest BCUT2D eigenvalue weighted by molar-refractivity contribution is 5.94. The van der Waals surface area contributed by atoms with E-state index in [-0.39, 0.29) is 23.8 Å². The van der Waals surface area contributed by atoms with Crippen LogP contribution in [0.1, 0.15) is 55.5 Å². The number of carbonyl (C=O) groups is 2. The second-order valence-electron chi connectivity index (χ2n) is 6.28. The van der Waals surface area contributed by atoms with E-state index >= 15 is 0 Å². The molecule has 0 spiro atoms. The third-order valence-electron chi connectivity index (χ3n) is 4.72. The molecule has 1 aromatic rings. The van der Waals surface area contributed by atoms with E-state index in [9.17, 15) is 9.59 Å². The zero-order valence-corrected chi connectivity index (χ0v) is 14.4. The van der Waals surface area contributed by atoms with Gasteiger partial charge in [0.05, 0.1) is 11.6 Å². The topological polar surface area (TPSA) is 73.2 Å². The largest absolute Gasteiger partial charge is 0.353 e. The molecule has 0 atom stereocenters. The van der Waals surface area contributed by atoms with E-state index in [1.807, 2.05) is 13.8 Å². The van der Waals surface area contributed by atoms with Crippen molar-refractivity contribution in [2.75, 3.05) is 13.1 Å². The molecule has 5 heteroatoms. The molecule has 0 unspecified atom stereocenters. The zero-order chi connectivity index (χ0) is 17.5. The summed E-state index contributed by atoms with van der Waals surface area (Å²) in [6.45, 7) is 5.32. The zero-order valence-electron chi connectivity index (χ0n) is 14.4. The third kappa shape index (κ3) is 4.35. The molecule has 0 saturated carbocycles. The number of nitriles is 1. The van der Waals surface area contributed by atoms with Gasteiger partial charge in [-0.2, -0.15) is 5.26 Å². The molecule has 1 saturated heterocycles. The molecule has 0 aromatic heterocycles. The van der Waals surface area contributed by atoms with Crippen molar-refractivity contribution in [2.45, 2.75) is 45.6 Å². The number of amides is 2. The molecule has 128 valence electrons. The van der Waals surface area contributed by atoms with Crippen LogP contribution >= 0.6 is 0 Å². The molecular formula is C19H25N3O2. The summed E-state index contributed by atoms with van der Waals surface area (Å²) in [6.07, 6.45) is 3.26. The van der Waals surface area contributed by atoms with Crippen LogP contribution in [-0.4, -0.2) is 35.8 Å². The first kappa shape index (κ1) is 18.0. The number of hydrogen-bond acceptors (Lipinski definition) is 3. The lowest BCUT2D eigenvalue weighted by molar-refractivity contribution is -0.126. The SMILES string of the molecule is CCC(CC)C(=O)NC1CCN(C(=O)c2cccc(C#N)c2)CC1. The van der Waals surface area contributed by atoms with Crippen LogP contribution in [0.5, 0.6) is 0 Å². The maximum atomic E-state index is 12.5. The number of rotatable bonds is 5. The Hall–Kier alpha value is -2.35. The summed E-state index contributed by atoms with van der Waals surface area (Å²) in [5.41, 5.74) is 1.04. The van der Waals surface area contributed by atoms with Gasteiger partial charge in [-0.3, -0.25) is 9.59 Å². The first-order valence-corrected chi connectivity index (χ1v) is 8.68. The van der Waals surface area contributed by atoms with Crippen LogP contribution in [0, 0.1) is 17.2 Å². The molecule has 0 bridgehead atoms. The van der Waals surface area contributed by atoms with E-state index in [1.54, 1.807) is 29.2 Å². The highest BCUT2D eigenvalue weighted by atomic mass is 16.2. The van der Waals surface area contributed by atoms with Gasteiger partial charge < -0.3 is 10.2 Å². The van der Waals surface area contributed by atoms with Gasteiger partial charge in [0, 0.05) is 30.6 Å². The first-order chi connectivity index (χ1) is 11.6. The van der Waals surface area contributed by atoms with Gasteiger partial charge in [0.15, 0.2) is 0 Å². The van der Waals surface area contributed by atoms with Crippen molar-refractivity contribution in [1.29, 1.82) is 5.26 Å². The summed E-state index contributed by atoms with van der Waals surface area (Å²) >= 11 is 0. The fourth-order valence-corrected chi connectivity index (χ4v) is 3.11. The minimum Gasteiger partial charge on any atom is -0.353 e. The Bertz CT molecular complexity index is 624. The summed E-state index contributed by atoms with van der Waals surface area (Å²) in [4.78, 5) is 26.5. The lowest BCUT2D eigenvalue weighted by Gasteiger charge is -2.33. The molecular weight excluding hydrogens is 302 g/mol. The van der Waals surface area contributed by atoms with Crippen LogP contribution in [0.25, 0.3) is 0 Å². The normalized spacial score (nSPS) is 15.2. The fraction of sp³-hybridized carbons (Fsp3) is 0.526. The van der Waals surface area contributed by atoms with Crippen LogP contribution < -0.4 is 5.32 Å². The Balaban J connectivity index is 1.89. The van der Waals surface area contributed by atoms with Gasteiger partial charge in [0.1, 0.15) is 0 Å². The van der Waals surface area contributed by atoms with Crippen molar-refractivity contribution in [1.82, 2.24) is 10.2 Å². The van der Waals surface area contributed by atoms with Gasteiger partial charge in [0.2, 0.25) is 5.91 Å². The lowest BCUT2D eigenvalue weighted by Crippen LogP contribution is -2.47. The van der Waals surface area contributed by atoms with Crippen LogP contribution in [-0.2, 0) is 4.79 Å². The predicted molar refractivity (Wildman–Crippen MR) is 92.3 cm³/mol. The maximum Gasteiger partial charge on any atom is 0.253 e. The number of hydrogen-bond donors (Lipinski definition) is 1. The minimum absolute atomic E-state index is 0.0446. The summed E-state index contributed by atoms with van der Waals surface area (Å²) in [5, 5.41) is 12.1. The number of carbonyl (C=O) groups excluding carboxylic acids is 2. The second-order valence-corrected chi connectivity index (χ2v) is 6.28. The number of nitrogens with one attached hydrogen (secondary N) is 1. The molecule has 1 aromatic carbocycles. The van der Waals surface area contributed by atoms with Crippen molar-refractivity contribution in [3.63, 3.8) is 0 Å². The van der Waals surface area contributed by atoms with Gasteiger partial charge in [-0.15, -0.1) is 0 Å². The quantitative estimate of drug-likeness (QED) is 0.903. The molecule has 1 aliphatic rings. The Morgan fingerprint density at radius 3 is 2.54 bits per heavy atom. The molecule has 1 heterocycles. The van der Waals surface area contributed by atoms with E-state index < -0.39 is 0 Å². The summed E-state index contributed by atoms with van der Waals surface area (Å²) < 4.78 is 0. The van der Waals surface area contributed by atoms with E-state index in [2.05, 4.69) is 11.4 Å². The standard InChI is InChI=1S/C19H25N3O2/c1-3-15(4-2)18(23)21-17-8-10-22(11-9-17)19(24)16-7-5-6-14(12-16)13-20/h5-7,12,15,17H,3-4,8-11H2,1-2H3,(H,21,23). The van der Waals surface area contributed by atoms with E-state index in [4.69, 9.17) is 5.26 Å². The fourth-order valence-electron chi connectivity index (χ4n) is 3.11. The number of piperidine rings is 1. The average molecular weight is 327 g/mol. The van der Waals surface area contributed by atoms with E-state index in [0.29, 0.717) is 24.2 Å². The average Bonchev–Trinajstić information content (AvgIpc) is 2.63. The lowest BCUT2D eigenvalue weighted by atomic mass is 9.99. The monoisotopic (exact) mass is 327 g/mol. The Labute approximate surface area is 143 Å². The predicted octanol–water partition coefficient (Wildman–Crippen LogP) is 2.72. The summed E-state index contributed by atoms with van der Waals surface area (Å²) in [7, 11) is 0. The molecule has 24 heavy (non-hydrogen) atoms. The van der Waals surface area contributed by atoms with Crippen molar-refractivity contribution in [2.24, 2.45) is 5.92 Å². The molecule has 0 radical (unpaired) electrons. The molecule has 1 fully saturated rings. The molecule has 5 nitrogen and oxygen atoms in total. The first-order valence-electron chi connectivity index (χ1n) is 8.68. The van der Waals surface area contributed by atoms with Gasteiger partial charge in [0.25, 0.3) is 5.91 Å². The van der Waals surface area contributed by atoms with E-state index in [1.165, 1.54) is 0 Å². The Morgan fingerprint density at radius 2 is 1.96 bits per heavy atom. The second kappa shape index (κ2) is 8.49. The summed E-state index contributed by atoms with van der Waals surface area (Å²) in [5.74, 6) is 0.168. The maximum absolute atomic E-state index is 12.5. The van der Waals surface area contributed by atoms with Gasteiger partial charge in [-0.25, -0.2) is 0 Å². The highest BCUT2D eigenvalue weighted by Gasteiger charge is 2.26. The number of likely N-dealkylation sites (tertiary alicyclic amines) is 1.